The third kappa shape index (κ3) is 3.46. The molecule has 6 rings (SSSR count). The number of thioether (sulfide) groups is 1. The average Bonchev–Trinajstić information content (AvgIpc) is 3.46. The molecule has 1 aliphatic heterocycles. The first kappa shape index (κ1) is 20.0. The molecule has 4 heterocycles. The van der Waals surface area contributed by atoms with Gasteiger partial charge in [-0.3, -0.25) is 9.20 Å². The van der Waals surface area contributed by atoms with Gasteiger partial charge in [-0.15, -0.1) is 21.5 Å². The number of nitrogens with zero attached hydrogens (tertiary/aromatic N) is 5. The summed E-state index contributed by atoms with van der Waals surface area (Å²) >= 11 is 3.40. The molecule has 2 aliphatic carbocycles. The van der Waals surface area contributed by atoms with Crippen molar-refractivity contribution in [1.29, 1.82) is 0 Å². The lowest BCUT2D eigenvalue weighted by molar-refractivity contribution is -0.132. The van der Waals surface area contributed by atoms with Crippen molar-refractivity contribution in [3.05, 3.63) is 16.3 Å². The fourth-order valence-corrected chi connectivity index (χ4v) is 7.41. The maximum absolute atomic E-state index is 13.0. The molecule has 0 N–H and O–H groups in total. The number of carbonyl (C=O) groups is 1. The van der Waals surface area contributed by atoms with E-state index in [9.17, 15) is 4.79 Å². The highest BCUT2D eigenvalue weighted by Crippen LogP contribution is 2.44. The number of carbonyl (C=O) groups excluding carboxylic acids is 1. The van der Waals surface area contributed by atoms with E-state index in [4.69, 9.17) is 4.98 Å². The van der Waals surface area contributed by atoms with Crippen LogP contribution in [0.3, 0.4) is 0 Å². The second-order valence-electron chi connectivity index (χ2n) is 9.21. The first-order valence-electron chi connectivity index (χ1n) is 11.9. The van der Waals surface area contributed by atoms with Crippen LogP contribution in [0.15, 0.2) is 5.16 Å². The standard InChI is InChI=1S/C23H29N5OS2/c1-2-15-7-5-6-12-27(15)18(29)13-30-23-26-25-21-19-16-8-3-4-9-17(16)31-22(19)24-20(28(21)23)14-10-11-14/h14-15H,2-13H2,1H3/t15-/m0/s1. The van der Waals surface area contributed by atoms with Crippen LogP contribution in [0.5, 0.6) is 0 Å². The summed E-state index contributed by atoms with van der Waals surface area (Å²) in [6, 6.07) is 0.401. The summed E-state index contributed by atoms with van der Waals surface area (Å²) < 4.78 is 2.19. The number of thiophene rings is 1. The number of fused-ring (bicyclic) bond motifs is 5. The predicted octanol–water partition coefficient (Wildman–Crippen LogP) is 4.98. The summed E-state index contributed by atoms with van der Waals surface area (Å²) in [7, 11) is 0. The van der Waals surface area contributed by atoms with Crippen LogP contribution in [0.4, 0.5) is 0 Å². The molecule has 3 aromatic rings. The molecule has 0 radical (unpaired) electrons. The zero-order valence-electron chi connectivity index (χ0n) is 18.1. The van der Waals surface area contributed by atoms with Crippen LogP contribution in [0.25, 0.3) is 15.9 Å². The second kappa shape index (κ2) is 8.03. The molecule has 31 heavy (non-hydrogen) atoms. The van der Waals surface area contributed by atoms with Gasteiger partial charge in [-0.2, -0.15) is 0 Å². The lowest BCUT2D eigenvalue weighted by Gasteiger charge is -2.35. The number of aryl methyl sites for hydroxylation is 2. The van der Waals surface area contributed by atoms with Crippen LogP contribution in [-0.2, 0) is 17.6 Å². The largest absolute Gasteiger partial charge is 0.339 e. The Balaban J connectivity index is 1.35. The van der Waals surface area contributed by atoms with Crippen LogP contribution >= 0.6 is 23.1 Å². The molecular formula is C23H29N5OS2. The Kier molecular flexibility index (Phi) is 5.17. The fraction of sp³-hybridized carbons (Fsp3) is 0.652. The highest BCUT2D eigenvalue weighted by molar-refractivity contribution is 7.99. The molecule has 1 saturated carbocycles. The van der Waals surface area contributed by atoms with Crippen molar-refractivity contribution in [2.45, 2.75) is 88.2 Å². The number of amides is 1. The SMILES string of the molecule is CC[C@H]1CCCCN1C(=O)CSc1nnc2c3c4c(sc3nc(C3CC3)n12)CCCC4. The second-order valence-corrected chi connectivity index (χ2v) is 11.2. The molecule has 3 aromatic heterocycles. The highest BCUT2D eigenvalue weighted by atomic mass is 32.2. The summed E-state index contributed by atoms with van der Waals surface area (Å²) in [5.41, 5.74) is 2.41. The third-order valence-corrected chi connectivity index (χ3v) is 9.24. The number of hydrogen-bond acceptors (Lipinski definition) is 6. The van der Waals surface area contributed by atoms with Crippen molar-refractivity contribution >= 4 is 44.9 Å². The van der Waals surface area contributed by atoms with E-state index in [1.807, 2.05) is 11.3 Å². The Morgan fingerprint density at radius 2 is 2.00 bits per heavy atom. The van der Waals surface area contributed by atoms with E-state index < -0.39 is 0 Å². The number of likely N-dealkylation sites (tertiary alicyclic amines) is 1. The van der Waals surface area contributed by atoms with Gasteiger partial charge in [0.05, 0.1) is 11.1 Å². The fourth-order valence-electron chi connectivity index (χ4n) is 5.32. The number of piperidine rings is 1. The summed E-state index contributed by atoms with van der Waals surface area (Å²) in [6.45, 7) is 3.09. The number of rotatable bonds is 5. The molecule has 8 heteroatoms. The number of aromatic nitrogens is 4. The molecular weight excluding hydrogens is 426 g/mol. The highest BCUT2D eigenvalue weighted by Gasteiger charge is 2.32. The van der Waals surface area contributed by atoms with Crippen molar-refractivity contribution in [3.8, 4) is 0 Å². The molecule has 6 nitrogen and oxygen atoms in total. The quantitative estimate of drug-likeness (QED) is 0.508. The normalized spacial score (nSPS) is 21.7. The minimum Gasteiger partial charge on any atom is -0.339 e. The van der Waals surface area contributed by atoms with Crippen molar-refractivity contribution in [1.82, 2.24) is 24.5 Å². The molecule has 1 saturated heterocycles. The summed E-state index contributed by atoms with van der Waals surface area (Å²) in [5, 5.41) is 11.3. The van der Waals surface area contributed by atoms with E-state index in [0.29, 0.717) is 17.7 Å². The Morgan fingerprint density at radius 3 is 2.84 bits per heavy atom. The van der Waals surface area contributed by atoms with E-state index in [1.165, 1.54) is 54.4 Å². The van der Waals surface area contributed by atoms with Crippen molar-refractivity contribution < 1.29 is 4.79 Å². The maximum atomic E-state index is 13.0. The molecule has 1 amide bonds. The third-order valence-electron chi connectivity index (χ3n) is 7.14. The van der Waals surface area contributed by atoms with Gasteiger partial charge in [0, 0.05) is 23.4 Å². The zero-order chi connectivity index (χ0) is 20.9. The van der Waals surface area contributed by atoms with Gasteiger partial charge in [-0.1, -0.05) is 18.7 Å². The Morgan fingerprint density at radius 1 is 1.13 bits per heavy atom. The molecule has 1 atom stereocenters. The molecule has 2 fully saturated rings. The molecule has 0 aromatic carbocycles. The van der Waals surface area contributed by atoms with E-state index in [2.05, 4.69) is 26.4 Å². The molecule has 0 unspecified atom stereocenters. The van der Waals surface area contributed by atoms with E-state index >= 15 is 0 Å². The first-order valence-corrected chi connectivity index (χ1v) is 13.7. The zero-order valence-corrected chi connectivity index (χ0v) is 19.7. The van der Waals surface area contributed by atoms with Crippen molar-refractivity contribution in [2.75, 3.05) is 12.3 Å². The minimum absolute atomic E-state index is 0.239. The summed E-state index contributed by atoms with van der Waals surface area (Å²) in [5.74, 6) is 2.28. The van der Waals surface area contributed by atoms with Gasteiger partial charge in [0.2, 0.25) is 5.91 Å². The van der Waals surface area contributed by atoms with Crippen LogP contribution in [0.2, 0.25) is 0 Å². The van der Waals surface area contributed by atoms with Crippen LogP contribution in [-0.4, -0.2) is 48.7 Å². The van der Waals surface area contributed by atoms with Crippen LogP contribution < -0.4 is 0 Å². The smallest absolute Gasteiger partial charge is 0.233 e. The van der Waals surface area contributed by atoms with E-state index in [-0.39, 0.29) is 5.91 Å². The van der Waals surface area contributed by atoms with Crippen LogP contribution in [0.1, 0.15) is 80.5 Å². The maximum Gasteiger partial charge on any atom is 0.233 e. The molecule has 0 bridgehead atoms. The van der Waals surface area contributed by atoms with Gasteiger partial charge < -0.3 is 4.90 Å². The number of hydrogen-bond donors (Lipinski definition) is 0. The van der Waals surface area contributed by atoms with Gasteiger partial charge in [-0.25, -0.2) is 4.98 Å². The monoisotopic (exact) mass is 455 g/mol. The van der Waals surface area contributed by atoms with Gasteiger partial charge >= 0.3 is 0 Å². The average molecular weight is 456 g/mol. The Bertz CT molecular complexity index is 1150. The van der Waals surface area contributed by atoms with E-state index in [0.717, 1.165) is 53.7 Å². The lowest BCUT2D eigenvalue weighted by atomic mass is 9.97. The van der Waals surface area contributed by atoms with Gasteiger partial charge in [0.15, 0.2) is 10.8 Å². The van der Waals surface area contributed by atoms with E-state index in [1.54, 1.807) is 11.8 Å². The van der Waals surface area contributed by atoms with Gasteiger partial charge in [0.1, 0.15) is 10.7 Å². The predicted molar refractivity (Wildman–Crippen MR) is 125 cm³/mol. The first-order chi connectivity index (χ1) is 15.2. The van der Waals surface area contributed by atoms with Gasteiger partial charge in [-0.05, 0) is 69.8 Å². The van der Waals surface area contributed by atoms with Gasteiger partial charge in [0.25, 0.3) is 0 Å². The lowest BCUT2D eigenvalue weighted by Crippen LogP contribution is -2.44. The Hall–Kier alpha value is -1.67. The topological polar surface area (TPSA) is 63.4 Å². The summed E-state index contributed by atoms with van der Waals surface area (Å²) in [4.78, 5) is 22.9. The van der Waals surface area contributed by atoms with Crippen molar-refractivity contribution in [3.63, 3.8) is 0 Å². The summed E-state index contributed by atoms with van der Waals surface area (Å²) in [6.07, 6.45) is 11.7. The molecule has 164 valence electrons. The molecule has 3 aliphatic rings. The Labute approximate surface area is 190 Å². The van der Waals surface area contributed by atoms with Crippen molar-refractivity contribution in [2.24, 2.45) is 0 Å². The minimum atomic E-state index is 0.239. The van der Waals surface area contributed by atoms with Crippen LogP contribution in [0, 0.1) is 0 Å². The molecule has 0 spiro atoms.